The second kappa shape index (κ2) is 6.78. The number of rotatable bonds is 5. The maximum absolute atomic E-state index is 10.8. The van der Waals surface area contributed by atoms with Crippen LogP contribution >= 0.6 is 11.6 Å². The lowest BCUT2D eigenvalue weighted by Crippen LogP contribution is -1.90. The molecule has 0 aliphatic rings. The molecule has 25 heavy (non-hydrogen) atoms. The summed E-state index contributed by atoms with van der Waals surface area (Å²) in [4.78, 5) is 10.2. The van der Waals surface area contributed by atoms with Crippen LogP contribution in [-0.2, 0) is 0 Å². The van der Waals surface area contributed by atoms with Gasteiger partial charge in [0.2, 0.25) is 11.8 Å². The lowest BCUT2D eigenvalue weighted by molar-refractivity contribution is -0.384. The van der Waals surface area contributed by atoms with Crippen molar-refractivity contribution in [2.45, 2.75) is 0 Å². The van der Waals surface area contributed by atoms with Gasteiger partial charge in [0.05, 0.1) is 29.7 Å². The summed E-state index contributed by atoms with van der Waals surface area (Å²) in [6, 6.07) is 9.19. The Hall–Kier alpha value is -3.13. The number of hydrogen-bond acceptors (Lipinski definition) is 7. The normalized spacial score (nSPS) is 10.5. The molecule has 3 rings (SSSR count). The van der Waals surface area contributed by atoms with Gasteiger partial charge in [-0.25, -0.2) is 0 Å². The number of halogens is 1. The zero-order chi connectivity index (χ0) is 18.0. The van der Waals surface area contributed by atoms with Crippen LogP contribution in [0.15, 0.2) is 40.8 Å². The van der Waals surface area contributed by atoms with Crippen molar-refractivity contribution in [2.24, 2.45) is 0 Å². The van der Waals surface area contributed by atoms with Crippen LogP contribution in [0.1, 0.15) is 0 Å². The van der Waals surface area contributed by atoms with E-state index in [1.807, 2.05) is 0 Å². The molecule has 0 N–H and O–H groups in total. The van der Waals surface area contributed by atoms with E-state index in [0.717, 1.165) is 0 Å². The van der Waals surface area contributed by atoms with E-state index in [1.54, 1.807) is 25.3 Å². The molecule has 0 saturated heterocycles. The molecule has 128 valence electrons. The number of nitrogens with zero attached hydrogens (tertiary/aromatic N) is 3. The highest BCUT2D eigenvalue weighted by Crippen LogP contribution is 2.34. The highest BCUT2D eigenvalue weighted by molar-refractivity contribution is 6.33. The number of nitro groups is 1. The summed E-state index contributed by atoms with van der Waals surface area (Å²) in [6.07, 6.45) is 0. The molecule has 3 aromatic rings. The third-order valence-electron chi connectivity index (χ3n) is 3.45. The van der Waals surface area contributed by atoms with Crippen LogP contribution in [0.25, 0.3) is 22.9 Å². The maximum atomic E-state index is 10.8. The van der Waals surface area contributed by atoms with E-state index in [9.17, 15) is 10.1 Å². The van der Waals surface area contributed by atoms with Crippen LogP contribution in [0.5, 0.6) is 11.5 Å². The Kier molecular flexibility index (Phi) is 4.53. The average molecular weight is 362 g/mol. The van der Waals surface area contributed by atoms with E-state index in [4.69, 9.17) is 25.5 Å². The molecular weight excluding hydrogens is 350 g/mol. The highest BCUT2D eigenvalue weighted by Gasteiger charge is 2.17. The smallest absolute Gasteiger partial charge is 0.270 e. The van der Waals surface area contributed by atoms with Crippen molar-refractivity contribution in [3.05, 3.63) is 51.5 Å². The molecule has 0 atom stereocenters. The molecule has 0 radical (unpaired) electrons. The van der Waals surface area contributed by atoms with Crippen LogP contribution in [0.3, 0.4) is 0 Å². The van der Waals surface area contributed by atoms with E-state index in [1.165, 1.54) is 25.3 Å². The van der Waals surface area contributed by atoms with Gasteiger partial charge < -0.3 is 13.9 Å². The highest BCUT2D eigenvalue weighted by atomic mass is 35.5. The molecule has 2 aromatic carbocycles. The number of non-ortho nitro benzene ring substituents is 1. The molecule has 1 aromatic heterocycles. The van der Waals surface area contributed by atoms with Crippen LogP contribution in [-0.4, -0.2) is 29.3 Å². The lowest BCUT2D eigenvalue weighted by Gasteiger charge is -2.07. The Balaban J connectivity index is 1.97. The lowest BCUT2D eigenvalue weighted by atomic mass is 10.2. The van der Waals surface area contributed by atoms with Crippen molar-refractivity contribution in [3.63, 3.8) is 0 Å². The number of hydrogen-bond donors (Lipinski definition) is 0. The van der Waals surface area contributed by atoms with E-state index in [-0.39, 0.29) is 22.5 Å². The summed E-state index contributed by atoms with van der Waals surface area (Å²) in [5.74, 6) is 1.51. The second-order valence-electron chi connectivity index (χ2n) is 4.90. The van der Waals surface area contributed by atoms with Crippen LogP contribution in [0.4, 0.5) is 5.69 Å². The fourth-order valence-corrected chi connectivity index (χ4v) is 2.46. The largest absolute Gasteiger partial charge is 0.493 e. The van der Waals surface area contributed by atoms with E-state index in [0.29, 0.717) is 22.6 Å². The summed E-state index contributed by atoms with van der Waals surface area (Å²) >= 11 is 6.08. The first-order valence-corrected chi connectivity index (χ1v) is 7.41. The Labute approximate surface area is 147 Å². The number of benzene rings is 2. The zero-order valence-electron chi connectivity index (χ0n) is 13.2. The zero-order valence-corrected chi connectivity index (χ0v) is 14.0. The molecule has 0 amide bonds. The third-order valence-corrected chi connectivity index (χ3v) is 3.76. The molecule has 1 heterocycles. The van der Waals surface area contributed by atoms with Crippen LogP contribution in [0, 0.1) is 10.1 Å². The average Bonchev–Trinajstić information content (AvgIpc) is 3.10. The van der Waals surface area contributed by atoms with Gasteiger partial charge in [-0.2, -0.15) is 0 Å². The molecule has 0 spiro atoms. The predicted molar refractivity (Wildman–Crippen MR) is 89.9 cm³/mol. The molecule has 0 unspecified atom stereocenters. The van der Waals surface area contributed by atoms with Crippen molar-refractivity contribution >= 4 is 17.3 Å². The molecule has 8 nitrogen and oxygen atoms in total. The molecular formula is C16H12ClN3O5. The van der Waals surface area contributed by atoms with Gasteiger partial charge in [-0.05, 0) is 24.3 Å². The van der Waals surface area contributed by atoms with E-state index < -0.39 is 4.92 Å². The first-order chi connectivity index (χ1) is 12.0. The Morgan fingerprint density at radius 1 is 1.04 bits per heavy atom. The van der Waals surface area contributed by atoms with Gasteiger partial charge in [0.15, 0.2) is 11.5 Å². The van der Waals surface area contributed by atoms with Gasteiger partial charge in [-0.15, -0.1) is 10.2 Å². The van der Waals surface area contributed by atoms with Gasteiger partial charge in [-0.1, -0.05) is 11.6 Å². The second-order valence-corrected chi connectivity index (χ2v) is 5.31. The van der Waals surface area contributed by atoms with Gasteiger partial charge in [0.25, 0.3) is 5.69 Å². The third kappa shape index (κ3) is 3.24. The Bertz CT molecular complexity index is 941. The van der Waals surface area contributed by atoms with Crippen molar-refractivity contribution in [3.8, 4) is 34.4 Å². The van der Waals surface area contributed by atoms with Crippen LogP contribution < -0.4 is 9.47 Å². The number of aromatic nitrogens is 2. The summed E-state index contributed by atoms with van der Waals surface area (Å²) in [7, 11) is 3.07. The standard InChI is InChI=1S/C16H12ClN3O5/c1-23-13-6-3-9(7-14(13)24-2)15-18-19-16(25-15)11-5-4-10(20(21)22)8-12(11)17/h3-8H,1-2H3. The quantitative estimate of drug-likeness (QED) is 0.500. The minimum absolute atomic E-state index is 0.117. The first-order valence-electron chi connectivity index (χ1n) is 7.03. The monoisotopic (exact) mass is 361 g/mol. The minimum atomic E-state index is -0.529. The predicted octanol–water partition coefficient (Wildman–Crippen LogP) is 3.98. The maximum Gasteiger partial charge on any atom is 0.270 e. The fraction of sp³-hybridized carbons (Fsp3) is 0.125. The molecule has 0 fully saturated rings. The summed E-state index contributed by atoms with van der Waals surface area (Å²) in [5.41, 5.74) is 0.925. The van der Waals surface area contributed by atoms with E-state index >= 15 is 0 Å². The molecule has 0 saturated carbocycles. The summed E-state index contributed by atoms with van der Waals surface area (Å²) < 4.78 is 16.1. The van der Waals surface area contributed by atoms with Crippen LogP contribution in [0.2, 0.25) is 5.02 Å². The van der Waals surface area contributed by atoms with Crippen molar-refractivity contribution in [2.75, 3.05) is 14.2 Å². The molecule has 0 aliphatic carbocycles. The molecule has 0 bridgehead atoms. The Morgan fingerprint density at radius 3 is 2.40 bits per heavy atom. The van der Waals surface area contributed by atoms with Gasteiger partial charge in [-0.3, -0.25) is 10.1 Å². The number of nitro benzene ring substituents is 1. The Morgan fingerprint density at radius 2 is 1.76 bits per heavy atom. The number of ether oxygens (including phenoxy) is 2. The summed E-state index contributed by atoms with van der Waals surface area (Å²) in [6.45, 7) is 0. The molecule has 9 heteroatoms. The minimum Gasteiger partial charge on any atom is -0.493 e. The van der Waals surface area contributed by atoms with Gasteiger partial charge >= 0.3 is 0 Å². The van der Waals surface area contributed by atoms with E-state index in [2.05, 4.69) is 10.2 Å². The SMILES string of the molecule is COc1ccc(-c2nnc(-c3ccc([N+](=O)[O-])cc3Cl)o2)cc1OC. The molecule has 0 aliphatic heterocycles. The van der Waals surface area contributed by atoms with Gasteiger partial charge in [0.1, 0.15) is 0 Å². The number of methoxy groups -OCH3 is 2. The van der Waals surface area contributed by atoms with Crippen molar-refractivity contribution in [1.29, 1.82) is 0 Å². The van der Waals surface area contributed by atoms with Crippen molar-refractivity contribution < 1.29 is 18.8 Å². The summed E-state index contributed by atoms with van der Waals surface area (Å²) in [5, 5.41) is 18.9. The van der Waals surface area contributed by atoms with Gasteiger partial charge in [0, 0.05) is 17.7 Å². The topological polar surface area (TPSA) is 101 Å². The first kappa shape index (κ1) is 16.7. The fourth-order valence-electron chi connectivity index (χ4n) is 2.21. The van der Waals surface area contributed by atoms with Crippen molar-refractivity contribution in [1.82, 2.24) is 10.2 Å².